The van der Waals surface area contributed by atoms with E-state index in [0.29, 0.717) is 6.04 Å². The predicted octanol–water partition coefficient (Wildman–Crippen LogP) is 4.38. The number of ether oxygens (including phenoxy) is 1. The van der Waals surface area contributed by atoms with Gasteiger partial charge in [-0.1, -0.05) is 40.2 Å². The van der Waals surface area contributed by atoms with Crippen molar-refractivity contribution in [3.05, 3.63) is 64.1 Å². The molecule has 1 atom stereocenters. The van der Waals surface area contributed by atoms with E-state index in [4.69, 9.17) is 4.74 Å². The molecule has 0 bridgehead atoms. The van der Waals surface area contributed by atoms with Crippen molar-refractivity contribution in [2.75, 3.05) is 26.7 Å². The summed E-state index contributed by atoms with van der Waals surface area (Å²) >= 11 is 3.49. The molecule has 4 heteroatoms. The summed E-state index contributed by atoms with van der Waals surface area (Å²) < 4.78 is 6.41. The normalized spacial score (nSPS) is 16.2. The summed E-state index contributed by atoms with van der Waals surface area (Å²) in [5.74, 6) is 0.918. The molecule has 2 aromatic carbocycles. The van der Waals surface area contributed by atoms with E-state index in [9.17, 15) is 0 Å². The molecular formula is C20H25BrN2O. The Morgan fingerprint density at radius 2 is 1.71 bits per heavy atom. The molecular weight excluding hydrogens is 364 g/mol. The first-order chi connectivity index (χ1) is 11.8. The Bertz CT molecular complexity index is 621. The summed E-state index contributed by atoms with van der Waals surface area (Å²) in [6.07, 6.45) is 2.61. The first-order valence-electron chi connectivity index (χ1n) is 8.59. The highest BCUT2D eigenvalue weighted by atomic mass is 79.9. The second-order valence-corrected chi connectivity index (χ2v) is 7.21. The molecule has 2 aromatic rings. The summed E-state index contributed by atoms with van der Waals surface area (Å²) in [7, 11) is 1.72. The maximum absolute atomic E-state index is 5.29. The van der Waals surface area contributed by atoms with E-state index in [0.717, 1.165) is 23.3 Å². The Hall–Kier alpha value is -1.36. The minimum atomic E-state index is 0.425. The van der Waals surface area contributed by atoms with Crippen molar-refractivity contribution in [1.82, 2.24) is 10.2 Å². The van der Waals surface area contributed by atoms with Gasteiger partial charge in [-0.25, -0.2) is 0 Å². The van der Waals surface area contributed by atoms with Gasteiger partial charge in [0.25, 0.3) is 0 Å². The van der Waals surface area contributed by atoms with Crippen LogP contribution in [0.4, 0.5) is 0 Å². The van der Waals surface area contributed by atoms with Crippen molar-refractivity contribution < 1.29 is 4.74 Å². The number of halogens is 1. The predicted molar refractivity (Wildman–Crippen MR) is 102 cm³/mol. The largest absolute Gasteiger partial charge is 0.497 e. The van der Waals surface area contributed by atoms with Gasteiger partial charge in [-0.15, -0.1) is 0 Å². The lowest BCUT2D eigenvalue weighted by Crippen LogP contribution is -2.34. The average molecular weight is 389 g/mol. The van der Waals surface area contributed by atoms with E-state index in [1.54, 1.807) is 7.11 Å². The highest BCUT2D eigenvalue weighted by Crippen LogP contribution is 2.26. The van der Waals surface area contributed by atoms with Gasteiger partial charge in [0.05, 0.1) is 7.11 Å². The van der Waals surface area contributed by atoms with Gasteiger partial charge in [-0.05, 0) is 61.3 Å². The quantitative estimate of drug-likeness (QED) is 0.761. The van der Waals surface area contributed by atoms with Gasteiger partial charge in [0.1, 0.15) is 5.75 Å². The van der Waals surface area contributed by atoms with Gasteiger partial charge in [-0.2, -0.15) is 0 Å². The number of benzene rings is 2. The fraction of sp³-hybridized carbons (Fsp3) is 0.400. The number of hydrogen-bond acceptors (Lipinski definition) is 3. The lowest BCUT2D eigenvalue weighted by Gasteiger charge is -2.28. The van der Waals surface area contributed by atoms with Crippen LogP contribution in [-0.4, -0.2) is 31.6 Å². The Balaban J connectivity index is 1.64. The third kappa shape index (κ3) is 4.59. The molecule has 1 saturated heterocycles. The molecule has 3 nitrogen and oxygen atoms in total. The van der Waals surface area contributed by atoms with Crippen LogP contribution in [0.1, 0.15) is 30.0 Å². The van der Waals surface area contributed by atoms with Gasteiger partial charge < -0.3 is 10.1 Å². The minimum Gasteiger partial charge on any atom is -0.497 e. The molecule has 1 aliphatic rings. The topological polar surface area (TPSA) is 24.5 Å². The lowest BCUT2D eigenvalue weighted by molar-refractivity contribution is 0.238. The van der Waals surface area contributed by atoms with Crippen LogP contribution in [0.2, 0.25) is 0 Å². The molecule has 1 N–H and O–H groups in total. The molecule has 24 heavy (non-hydrogen) atoms. The van der Waals surface area contributed by atoms with Gasteiger partial charge in [0.2, 0.25) is 0 Å². The van der Waals surface area contributed by atoms with E-state index >= 15 is 0 Å². The Labute approximate surface area is 153 Å². The second-order valence-electron chi connectivity index (χ2n) is 6.29. The molecule has 0 radical (unpaired) electrons. The molecule has 1 fully saturated rings. The van der Waals surface area contributed by atoms with Crippen molar-refractivity contribution >= 4 is 15.9 Å². The van der Waals surface area contributed by atoms with Crippen LogP contribution in [0.5, 0.6) is 5.75 Å². The van der Waals surface area contributed by atoms with Crippen LogP contribution in [0.15, 0.2) is 53.0 Å². The third-order valence-electron chi connectivity index (χ3n) is 4.66. The van der Waals surface area contributed by atoms with Crippen LogP contribution < -0.4 is 10.1 Å². The summed E-state index contributed by atoms with van der Waals surface area (Å²) in [5.41, 5.74) is 2.68. The van der Waals surface area contributed by atoms with Gasteiger partial charge in [0, 0.05) is 23.6 Å². The van der Waals surface area contributed by atoms with Crippen LogP contribution >= 0.6 is 15.9 Å². The van der Waals surface area contributed by atoms with Gasteiger partial charge >= 0.3 is 0 Å². The third-order valence-corrected chi connectivity index (χ3v) is 5.19. The highest BCUT2D eigenvalue weighted by molar-refractivity contribution is 9.10. The van der Waals surface area contributed by atoms with E-state index in [2.05, 4.69) is 74.7 Å². The average Bonchev–Trinajstić information content (AvgIpc) is 3.15. The molecule has 0 aromatic heterocycles. The van der Waals surface area contributed by atoms with E-state index < -0.39 is 0 Å². The number of nitrogens with zero attached hydrogens (tertiary/aromatic N) is 1. The van der Waals surface area contributed by atoms with Crippen LogP contribution in [-0.2, 0) is 6.54 Å². The zero-order chi connectivity index (χ0) is 16.8. The van der Waals surface area contributed by atoms with E-state index in [-0.39, 0.29) is 0 Å². The van der Waals surface area contributed by atoms with Crippen molar-refractivity contribution in [1.29, 1.82) is 0 Å². The fourth-order valence-electron chi connectivity index (χ4n) is 3.29. The molecule has 1 aliphatic heterocycles. The first kappa shape index (κ1) is 17.5. The number of likely N-dealkylation sites (tertiary alicyclic amines) is 1. The smallest absolute Gasteiger partial charge is 0.118 e. The number of nitrogens with one attached hydrogen (secondary N) is 1. The summed E-state index contributed by atoms with van der Waals surface area (Å²) in [6, 6.07) is 17.5. The Morgan fingerprint density at radius 3 is 2.33 bits per heavy atom. The zero-order valence-corrected chi connectivity index (χ0v) is 15.8. The SMILES string of the molecule is COc1ccc(C(CNCc2ccc(Br)cc2)N2CCCC2)cc1. The minimum absolute atomic E-state index is 0.425. The van der Waals surface area contributed by atoms with Crippen LogP contribution in [0, 0.1) is 0 Å². The Morgan fingerprint density at radius 1 is 1.04 bits per heavy atom. The van der Waals surface area contributed by atoms with E-state index in [1.807, 2.05) is 0 Å². The monoisotopic (exact) mass is 388 g/mol. The maximum atomic E-state index is 5.29. The number of rotatable bonds is 7. The van der Waals surface area contributed by atoms with Crippen molar-refractivity contribution in [3.8, 4) is 5.75 Å². The molecule has 1 heterocycles. The number of hydrogen-bond donors (Lipinski definition) is 1. The first-order valence-corrected chi connectivity index (χ1v) is 9.39. The summed E-state index contributed by atoms with van der Waals surface area (Å²) in [6.45, 7) is 4.24. The zero-order valence-electron chi connectivity index (χ0n) is 14.2. The molecule has 3 rings (SSSR count). The standard InChI is InChI=1S/C20H25BrN2O/c1-24-19-10-6-17(7-11-19)20(23-12-2-3-13-23)15-22-14-16-4-8-18(21)9-5-16/h4-11,20,22H,2-3,12-15H2,1H3. The van der Waals surface area contributed by atoms with Crippen molar-refractivity contribution in [3.63, 3.8) is 0 Å². The summed E-state index contributed by atoms with van der Waals surface area (Å²) in [4.78, 5) is 2.59. The molecule has 128 valence electrons. The van der Waals surface area contributed by atoms with Crippen LogP contribution in [0.3, 0.4) is 0 Å². The maximum Gasteiger partial charge on any atom is 0.118 e. The van der Waals surface area contributed by atoms with Crippen molar-refractivity contribution in [2.45, 2.75) is 25.4 Å². The van der Waals surface area contributed by atoms with E-state index in [1.165, 1.54) is 37.1 Å². The summed E-state index contributed by atoms with van der Waals surface area (Å²) in [5, 5.41) is 3.64. The second kappa shape index (κ2) is 8.65. The molecule has 0 saturated carbocycles. The van der Waals surface area contributed by atoms with Crippen LogP contribution in [0.25, 0.3) is 0 Å². The molecule has 0 spiro atoms. The molecule has 0 amide bonds. The highest BCUT2D eigenvalue weighted by Gasteiger charge is 2.23. The van der Waals surface area contributed by atoms with Gasteiger partial charge in [-0.3, -0.25) is 4.90 Å². The van der Waals surface area contributed by atoms with Crippen molar-refractivity contribution in [2.24, 2.45) is 0 Å². The molecule has 0 aliphatic carbocycles. The Kier molecular flexibility index (Phi) is 6.30. The molecule has 1 unspecified atom stereocenters. The van der Waals surface area contributed by atoms with Gasteiger partial charge in [0.15, 0.2) is 0 Å². The number of methoxy groups -OCH3 is 1. The fourth-order valence-corrected chi connectivity index (χ4v) is 3.56. The lowest BCUT2D eigenvalue weighted by atomic mass is 10.0.